The molecule has 16 heavy (non-hydrogen) atoms. The third-order valence-corrected chi connectivity index (χ3v) is 2.54. The Balaban J connectivity index is 3.08. The van der Waals surface area contributed by atoms with Gasteiger partial charge in [-0.05, 0) is 25.8 Å². The molecule has 0 atom stereocenters. The van der Waals surface area contributed by atoms with Crippen LogP contribution in [-0.4, -0.2) is 16.0 Å². The maximum Gasteiger partial charge on any atom is 0.303 e. The SMILES string of the molecule is Cc1ccc(CCC(=O)O)c(C)c1[N+](=O)[O-]. The number of nitrogens with zero attached hydrogens (tertiary/aromatic N) is 1. The summed E-state index contributed by atoms with van der Waals surface area (Å²) in [4.78, 5) is 20.8. The standard InChI is InChI=1S/C11H13NO4/c1-7-3-4-9(5-6-10(13)14)8(2)11(7)12(15)16/h3-4H,5-6H2,1-2H3,(H,13,14). The second-order valence-corrected chi connectivity index (χ2v) is 3.67. The number of carboxylic acids is 1. The zero-order valence-electron chi connectivity index (χ0n) is 9.19. The molecule has 0 aliphatic carbocycles. The van der Waals surface area contributed by atoms with Crippen molar-refractivity contribution in [1.82, 2.24) is 0 Å². The third kappa shape index (κ3) is 2.56. The molecule has 0 bridgehead atoms. The number of carboxylic acid groups (broad SMARTS) is 1. The summed E-state index contributed by atoms with van der Waals surface area (Å²) in [5, 5.41) is 19.4. The van der Waals surface area contributed by atoms with Crippen molar-refractivity contribution in [3.05, 3.63) is 38.9 Å². The molecular weight excluding hydrogens is 210 g/mol. The quantitative estimate of drug-likeness (QED) is 0.626. The van der Waals surface area contributed by atoms with Crippen LogP contribution < -0.4 is 0 Å². The fraction of sp³-hybridized carbons (Fsp3) is 0.364. The molecule has 0 aromatic heterocycles. The molecule has 0 unspecified atom stereocenters. The average Bonchev–Trinajstić information content (AvgIpc) is 2.15. The molecule has 0 amide bonds. The van der Waals surface area contributed by atoms with Gasteiger partial charge < -0.3 is 5.11 Å². The maximum absolute atomic E-state index is 10.8. The Kier molecular flexibility index (Phi) is 3.60. The highest BCUT2D eigenvalue weighted by atomic mass is 16.6. The van der Waals surface area contributed by atoms with Gasteiger partial charge in [0.1, 0.15) is 0 Å². The Morgan fingerprint density at radius 1 is 1.44 bits per heavy atom. The summed E-state index contributed by atoms with van der Waals surface area (Å²) in [5.41, 5.74) is 1.97. The zero-order chi connectivity index (χ0) is 12.3. The minimum Gasteiger partial charge on any atom is -0.481 e. The van der Waals surface area contributed by atoms with Gasteiger partial charge in [0.05, 0.1) is 4.92 Å². The normalized spacial score (nSPS) is 10.1. The molecular formula is C11H13NO4. The first-order valence-electron chi connectivity index (χ1n) is 4.88. The van der Waals surface area contributed by atoms with Crippen molar-refractivity contribution in [2.24, 2.45) is 0 Å². The number of aryl methyl sites for hydroxylation is 2. The Bertz CT molecular complexity index is 440. The first-order chi connectivity index (χ1) is 7.43. The molecule has 86 valence electrons. The average molecular weight is 223 g/mol. The minimum absolute atomic E-state index is 0.0128. The van der Waals surface area contributed by atoms with Crippen molar-refractivity contribution < 1.29 is 14.8 Å². The highest BCUT2D eigenvalue weighted by Crippen LogP contribution is 2.26. The molecule has 0 saturated carbocycles. The van der Waals surface area contributed by atoms with Crippen LogP contribution in [0.15, 0.2) is 12.1 Å². The van der Waals surface area contributed by atoms with Gasteiger partial charge in [-0.1, -0.05) is 12.1 Å². The van der Waals surface area contributed by atoms with Gasteiger partial charge >= 0.3 is 5.97 Å². The highest BCUT2D eigenvalue weighted by molar-refractivity contribution is 5.67. The van der Waals surface area contributed by atoms with Crippen molar-refractivity contribution in [1.29, 1.82) is 0 Å². The smallest absolute Gasteiger partial charge is 0.303 e. The lowest BCUT2D eigenvalue weighted by atomic mass is 9.99. The number of benzene rings is 1. The van der Waals surface area contributed by atoms with Crippen LogP contribution in [0.4, 0.5) is 5.69 Å². The molecule has 0 heterocycles. The Labute approximate surface area is 92.9 Å². The number of hydrogen-bond acceptors (Lipinski definition) is 3. The predicted octanol–water partition coefficient (Wildman–Crippen LogP) is 2.23. The van der Waals surface area contributed by atoms with Crippen LogP contribution in [0.1, 0.15) is 23.1 Å². The number of nitro benzene ring substituents is 1. The van der Waals surface area contributed by atoms with Crippen LogP contribution in [0, 0.1) is 24.0 Å². The lowest BCUT2D eigenvalue weighted by molar-refractivity contribution is -0.386. The topological polar surface area (TPSA) is 80.4 Å². The summed E-state index contributed by atoms with van der Waals surface area (Å²) in [6.45, 7) is 3.33. The number of aliphatic carboxylic acids is 1. The van der Waals surface area contributed by atoms with Crippen LogP contribution in [0.3, 0.4) is 0 Å². The molecule has 0 spiro atoms. The molecule has 0 radical (unpaired) electrons. The van der Waals surface area contributed by atoms with Gasteiger partial charge in [-0.15, -0.1) is 0 Å². The summed E-state index contributed by atoms with van der Waals surface area (Å²) < 4.78 is 0. The van der Waals surface area contributed by atoms with E-state index in [0.717, 1.165) is 5.56 Å². The fourth-order valence-corrected chi connectivity index (χ4v) is 1.67. The summed E-state index contributed by atoms with van der Waals surface area (Å²) in [5.74, 6) is -0.900. The zero-order valence-corrected chi connectivity index (χ0v) is 9.19. The molecule has 0 aliphatic heterocycles. The van der Waals surface area contributed by atoms with Crippen LogP contribution in [0.2, 0.25) is 0 Å². The van der Waals surface area contributed by atoms with Crippen LogP contribution >= 0.6 is 0 Å². The Hall–Kier alpha value is -1.91. The number of rotatable bonds is 4. The first kappa shape index (κ1) is 12.2. The summed E-state index contributed by atoms with van der Waals surface area (Å²) in [7, 11) is 0. The monoisotopic (exact) mass is 223 g/mol. The first-order valence-corrected chi connectivity index (χ1v) is 4.88. The van der Waals surface area contributed by atoms with Crippen LogP contribution in [0.25, 0.3) is 0 Å². The second-order valence-electron chi connectivity index (χ2n) is 3.67. The van der Waals surface area contributed by atoms with Gasteiger partial charge in [0.25, 0.3) is 5.69 Å². The van der Waals surface area contributed by atoms with E-state index in [4.69, 9.17) is 5.11 Å². The van der Waals surface area contributed by atoms with E-state index in [-0.39, 0.29) is 12.1 Å². The van der Waals surface area contributed by atoms with Crippen molar-refractivity contribution in [3.8, 4) is 0 Å². The van der Waals surface area contributed by atoms with E-state index in [1.807, 2.05) is 0 Å². The maximum atomic E-state index is 10.8. The Morgan fingerprint density at radius 2 is 2.06 bits per heavy atom. The van der Waals surface area contributed by atoms with Gasteiger partial charge in [0.2, 0.25) is 0 Å². The van der Waals surface area contributed by atoms with Crippen molar-refractivity contribution in [3.63, 3.8) is 0 Å². The van der Waals surface area contributed by atoms with E-state index in [0.29, 0.717) is 17.5 Å². The van der Waals surface area contributed by atoms with E-state index in [1.54, 1.807) is 26.0 Å². The van der Waals surface area contributed by atoms with Crippen molar-refractivity contribution in [2.75, 3.05) is 0 Å². The molecule has 1 aromatic carbocycles. The predicted molar refractivity (Wildman–Crippen MR) is 58.5 cm³/mol. The molecule has 1 aromatic rings. The summed E-state index contributed by atoms with van der Waals surface area (Å²) >= 11 is 0. The van der Waals surface area contributed by atoms with Gasteiger partial charge in [0.15, 0.2) is 0 Å². The van der Waals surface area contributed by atoms with E-state index in [1.165, 1.54) is 0 Å². The molecule has 5 heteroatoms. The molecule has 0 fully saturated rings. The van der Waals surface area contributed by atoms with Gasteiger partial charge in [-0.2, -0.15) is 0 Å². The Morgan fingerprint density at radius 3 is 2.56 bits per heavy atom. The molecule has 0 saturated heterocycles. The molecule has 1 N–H and O–H groups in total. The van der Waals surface area contributed by atoms with Gasteiger partial charge in [-0.3, -0.25) is 14.9 Å². The van der Waals surface area contributed by atoms with Crippen molar-refractivity contribution in [2.45, 2.75) is 26.7 Å². The van der Waals surface area contributed by atoms with E-state index >= 15 is 0 Å². The van der Waals surface area contributed by atoms with E-state index in [2.05, 4.69) is 0 Å². The lowest BCUT2D eigenvalue weighted by Gasteiger charge is -2.07. The van der Waals surface area contributed by atoms with Crippen LogP contribution in [0.5, 0.6) is 0 Å². The lowest BCUT2D eigenvalue weighted by Crippen LogP contribution is -2.02. The molecule has 0 aliphatic rings. The molecule has 5 nitrogen and oxygen atoms in total. The summed E-state index contributed by atoms with van der Waals surface area (Å²) in [6, 6.07) is 3.41. The van der Waals surface area contributed by atoms with Crippen LogP contribution in [-0.2, 0) is 11.2 Å². The fourth-order valence-electron chi connectivity index (χ4n) is 1.67. The highest BCUT2D eigenvalue weighted by Gasteiger charge is 2.17. The number of carbonyl (C=O) groups is 1. The van der Waals surface area contributed by atoms with E-state index < -0.39 is 10.9 Å². The van der Waals surface area contributed by atoms with Gasteiger partial charge in [0, 0.05) is 17.5 Å². The summed E-state index contributed by atoms with van der Waals surface area (Å²) in [6.07, 6.45) is 0.309. The third-order valence-electron chi connectivity index (χ3n) is 2.54. The minimum atomic E-state index is -0.900. The molecule has 1 rings (SSSR count). The van der Waals surface area contributed by atoms with Gasteiger partial charge in [-0.25, -0.2) is 0 Å². The van der Waals surface area contributed by atoms with E-state index in [9.17, 15) is 14.9 Å². The largest absolute Gasteiger partial charge is 0.481 e. The number of hydrogen-bond donors (Lipinski definition) is 1. The number of nitro groups is 1. The van der Waals surface area contributed by atoms with Crippen molar-refractivity contribution >= 4 is 11.7 Å². The second kappa shape index (κ2) is 4.74.